The number of aliphatic hydroxyl groups is 2. The zero-order chi connectivity index (χ0) is 25.8. The van der Waals surface area contributed by atoms with E-state index in [-0.39, 0.29) is 36.4 Å². The van der Waals surface area contributed by atoms with Gasteiger partial charge in [0.2, 0.25) is 6.29 Å². The van der Waals surface area contributed by atoms with Gasteiger partial charge in [0.15, 0.2) is 12.6 Å². The third-order valence-corrected chi connectivity index (χ3v) is 10.4. The van der Waals surface area contributed by atoms with Crippen LogP contribution in [0.1, 0.15) is 60.3 Å². The maximum Gasteiger partial charge on any atom is 0.310 e. The van der Waals surface area contributed by atoms with E-state index >= 15 is 0 Å². The molecule has 202 valence electrons. The van der Waals surface area contributed by atoms with E-state index in [9.17, 15) is 19.8 Å². The van der Waals surface area contributed by atoms with Crippen LogP contribution in [-0.2, 0) is 38.0 Å². The van der Waals surface area contributed by atoms with Crippen LogP contribution in [0.5, 0.6) is 0 Å². The van der Waals surface area contributed by atoms with Crippen molar-refractivity contribution in [1.82, 2.24) is 0 Å². The van der Waals surface area contributed by atoms with Crippen LogP contribution >= 0.6 is 0 Å². The molecule has 2 bridgehead atoms. The Bertz CT molecular complexity index is 920. The van der Waals surface area contributed by atoms with Gasteiger partial charge in [0.1, 0.15) is 23.2 Å². The fraction of sp³-hybridized carbons (Fsp3) is 0.923. The molecule has 0 aromatic carbocycles. The molecule has 5 saturated heterocycles. The summed E-state index contributed by atoms with van der Waals surface area (Å²) >= 11 is 0. The second-order valence-electron chi connectivity index (χ2n) is 12.4. The van der Waals surface area contributed by atoms with E-state index in [1.54, 1.807) is 13.8 Å². The Morgan fingerprint density at radius 1 is 1.03 bits per heavy atom. The molecule has 7 fully saturated rings. The first-order valence-corrected chi connectivity index (χ1v) is 13.3. The lowest BCUT2D eigenvalue weighted by atomic mass is 9.40. The smallest absolute Gasteiger partial charge is 0.310 e. The first-order chi connectivity index (χ1) is 16.9. The molecule has 0 aromatic rings. The first kappa shape index (κ1) is 25.0. The largest absolute Gasteiger partial charge is 0.462 e. The van der Waals surface area contributed by atoms with Crippen LogP contribution in [0, 0.1) is 34.5 Å². The second kappa shape index (κ2) is 8.10. The van der Waals surface area contributed by atoms with Crippen molar-refractivity contribution in [2.45, 2.75) is 109 Å². The zero-order valence-electron chi connectivity index (χ0n) is 21.5. The minimum Gasteiger partial charge on any atom is -0.462 e. The normalized spacial score (nSPS) is 54.9. The molecule has 2 N–H and O–H groups in total. The molecule has 2 spiro atoms. The summed E-state index contributed by atoms with van der Waals surface area (Å²) in [6.07, 6.45) is -2.45. The quantitative estimate of drug-likeness (QED) is 0.423. The number of epoxide rings is 1. The fourth-order valence-corrected chi connectivity index (χ4v) is 8.39. The summed E-state index contributed by atoms with van der Waals surface area (Å²) in [6, 6.07) is 0. The van der Waals surface area contributed by atoms with E-state index in [0.29, 0.717) is 19.3 Å². The van der Waals surface area contributed by atoms with Gasteiger partial charge in [0.05, 0.1) is 24.7 Å². The van der Waals surface area contributed by atoms with Crippen molar-refractivity contribution < 1.29 is 48.2 Å². The summed E-state index contributed by atoms with van der Waals surface area (Å²) in [5.74, 6) is -1.26. The molecule has 7 aliphatic rings. The van der Waals surface area contributed by atoms with E-state index < -0.39 is 65.6 Å². The summed E-state index contributed by atoms with van der Waals surface area (Å²) in [7, 11) is 0. The lowest BCUT2D eigenvalue weighted by Gasteiger charge is -2.69. The van der Waals surface area contributed by atoms with Crippen LogP contribution in [0.25, 0.3) is 0 Å². The van der Waals surface area contributed by atoms with Gasteiger partial charge in [0, 0.05) is 24.7 Å². The highest BCUT2D eigenvalue weighted by Gasteiger charge is 2.86. The van der Waals surface area contributed by atoms with Crippen molar-refractivity contribution in [3.05, 3.63) is 0 Å². The minimum atomic E-state index is -1.10. The maximum atomic E-state index is 12.9. The number of fused-ring (bicyclic) bond motifs is 2. The minimum absolute atomic E-state index is 0.0694. The molecule has 2 aliphatic carbocycles. The molecule has 0 aromatic heterocycles. The molecule has 0 amide bonds. The summed E-state index contributed by atoms with van der Waals surface area (Å²) in [4.78, 5) is 25.2. The molecule has 5 heterocycles. The van der Waals surface area contributed by atoms with Gasteiger partial charge in [0.25, 0.3) is 0 Å². The Labute approximate surface area is 210 Å². The third-order valence-electron chi connectivity index (χ3n) is 10.4. The molecule has 0 unspecified atom stereocenters. The SMILES string of the molecule is CC(=O)O[C@H]1C[C@@H](C)[C@](C)([C@@H]2C[C@H]3C[C@H](O)O[C@H]3O2)[C@H]2C[C@H]3O[C@@H](OC(=O)C(C)C)[C@@]12[C@@]1(CO1)[C@H]3O. The topological polar surface area (TPSA) is 133 Å². The summed E-state index contributed by atoms with van der Waals surface area (Å²) in [6.45, 7) is 9.50. The molecule has 36 heavy (non-hydrogen) atoms. The molecule has 10 nitrogen and oxygen atoms in total. The van der Waals surface area contributed by atoms with Gasteiger partial charge >= 0.3 is 11.9 Å². The molecule has 10 heteroatoms. The van der Waals surface area contributed by atoms with Crippen LogP contribution in [-0.4, -0.2) is 77.6 Å². The molecule has 2 saturated carbocycles. The van der Waals surface area contributed by atoms with Crippen LogP contribution in [0.3, 0.4) is 0 Å². The molecular formula is C26H38O10. The average Bonchev–Trinajstić information content (AvgIpc) is 3.38. The lowest BCUT2D eigenvalue weighted by Crippen LogP contribution is -2.80. The summed E-state index contributed by atoms with van der Waals surface area (Å²) in [5, 5.41) is 21.3. The number of carbonyl (C=O) groups is 2. The number of ether oxygens (including phenoxy) is 6. The van der Waals surface area contributed by atoms with E-state index in [1.807, 2.05) is 0 Å². The number of aliphatic hydroxyl groups excluding tert-OH is 2. The summed E-state index contributed by atoms with van der Waals surface area (Å²) < 4.78 is 36.5. The molecule has 13 atom stereocenters. The molecule has 0 radical (unpaired) electrons. The van der Waals surface area contributed by atoms with Crippen molar-refractivity contribution in [2.75, 3.05) is 6.61 Å². The summed E-state index contributed by atoms with van der Waals surface area (Å²) in [5.41, 5.74) is -2.58. The highest BCUT2D eigenvalue weighted by atomic mass is 16.7. The van der Waals surface area contributed by atoms with Gasteiger partial charge in [-0.05, 0) is 31.1 Å². The van der Waals surface area contributed by atoms with Crippen LogP contribution in [0.4, 0.5) is 0 Å². The predicted molar refractivity (Wildman–Crippen MR) is 121 cm³/mol. The van der Waals surface area contributed by atoms with Gasteiger partial charge in [-0.3, -0.25) is 9.59 Å². The average molecular weight is 511 g/mol. The lowest BCUT2D eigenvalue weighted by molar-refractivity contribution is -0.397. The van der Waals surface area contributed by atoms with Crippen molar-refractivity contribution in [2.24, 2.45) is 34.5 Å². The molecule has 5 aliphatic heterocycles. The van der Waals surface area contributed by atoms with Gasteiger partial charge in [-0.2, -0.15) is 0 Å². The Morgan fingerprint density at radius 3 is 2.36 bits per heavy atom. The Morgan fingerprint density at radius 2 is 1.75 bits per heavy atom. The monoisotopic (exact) mass is 510 g/mol. The Hall–Kier alpha value is -1.30. The van der Waals surface area contributed by atoms with E-state index in [4.69, 9.17) is 28.4 Å². The number of carbonyl (C=O) groups excluding carboxylic acids is 2. The highest BCUT2D eigenvalue weighted by Crippen LogP contribution is 2.74. The van der Waals surface area contributed by atoms with E-state index in [1.165, 1.54) is 6.92 Å². The van der Waals surface area contributed by atoms with Gasteiger partial charge in [-0.1, -0.05) is 27.7 Å². The first-order valence-electron chi connectivity index (χ1n) is 13.3. The Balaban J connectivity index is 1.46. The van der Waals surface area contributed by atoms with Crippen molar-refractivity contribution in [1.29, 1.82) is 0 Å². The standard InChI is InChI=1S/C26H38O10/c1-11(2)21(30)36-23-26-16(9-15(33-23)20(29)25(26)10-31-25)24(5,12(3)6-18(26)32-13(4)27)17-7-14-8-19(28)35-22(14)34-17/h11-12,14-20,22-23,28-29H,6-10H2,1-5H3/t12-,14+,15-,16-,17+,18+,19-,20+,22-,23+,24+,25-,26+/m1/s1. The van der Waals surface area contributed by atoms with Crippen LogP contribution in [0.15, 0.2) is 0 Å². The van der Waals surface area contributed by atoms with Crippen molar-refractivity contribution in [3.63, 3.8) is 0 Å². The fourth-order valence-electron chi connectivity index (χ4n) is 8.39. The number of hydrogen-bond donors (Lipinski definition) is 2. The number of hydrogen-bond acceptors (Lipinski definition) is 10. The van der Waals surface area contributed by atoms with Crippen LogP contribution < -0.4 is 0 Å². The molecular weight excluding hydrogens is 472 g/mol. The number of rotatable bonds is 4. The number of esters is 2. The second-order valence-corrected chi connectivity index (χ2v) is 12.4. The van der Waals surface area contributed by atoms with E-state index in [2.05, 4.69) is 13.8 Å². The van der Waals surface area contributed by atoms with Gasteiger partial charge in [-0.25, -0.2) is 0 Å². The van der Waals surface area contributed by atoms with Crippen molar-refractivity contribution in [3.8, 4) is 0 Å². The zero-order valence-corrected chi connectivity index (χ0v) is 21.5. The van der Waals surface area contributed by atoms with Gasteiger partial charge in [-0.15, -0.1) is 0 Å². The van der Waals surface area contributed by atoms with Gasteiger partial charge < -0.3 is 38.6 Å². The van der Waals surface area contributed by atoms with E-state index in [0.717, 1.165) is 6.42 Å². The third kappa shape index (κ3) is 3.12. The highest BCUT2D eigenvalue weighted by molar-refractivity contribution is 5.72. The molecule has 7 rings (SSSR count). The maximum absolute atomic E-state index is 12.9. The predicted octanol–water partition coefficient (Wildman–Crippen LogP) is 1.49. The van der Waals surface area contributed by atoms with Crippen molar-refractivity contribution >= 4 is 11.9 Å². The van der Waals surface area contributed by atoms with Crippen LogP contribution in [0.2, 0.25) is 0 Å². The Kier molecular flexibility index (Phi) is 5.63.